The van der Waals surface area contributed by atoms with Crippen molar-refractivity contribution in [1.82, 2.24) is 9.80 Å². The van der Waals surface area contributed by atoms with Gasteiger partial charge in [0.05, 0.1) is 0 Å². The normalized spacial score (nSPS) is 24.8. The highest BCUT2D eigenvalue weighted by molar-refractivity contribution is 5.87. The van der Waals surface area contributed by atoms with Crippen molar-refractivity contribution in [1.29, 1.82) is 0 Å². The molecule has 1 amide bonds. The van der Waals surface area contributed by atoms with Crippen LogP contribution in [0.3, 0.4) is 0 Å². The van der Waals surface area contributed by atoms with E-state index in [0.717, 1.165) is 19.5 Å². The van der Waals surface area contributed by atoms with Crippen molar-refractivity contribution in [3.63, 3.8) is 0 Å². The van der Waals surface area contributed by atoms with Crippen LogP contribution in [0, 0.1) is 0 Å². The SMILES string of the molecule is CC(CCN(C)C)N1CC(N)C1=O. The van der Waals surface area contributed by atoms with Gasteiger partial charge in [-0.3, -0.25) is 4.79 Å². The van der Waals surface area contributed by atoms with E-state index in [2.05, 4.69) is 11.8 Å². The third kappa shape index (κ3) is 2.42. The summed E-state index contributed by atoms with van der Waals surface area (Å²) in [6.45, 7) is 3.82. The first-order chi connectivity index (χ1) is 6.02. The number of likely N-dealkylation sites (tertiary alicyclic amines) is 1. The van der Waals surface area contributed by atoms with Crippen molar-refractivity contribution >= 4 is 5.91 Å². The second kappa shape index (κ2) is 4.07. The average molecular weight is 185 g/mol. The van der Waals surface area contributed by atoms with Crippen molar-refractivity contribution in [3.8, 4) is 0 Å². The second-order valence-corrected chi connectivity index (χ2v) is 4.04. The quantitative estimate of drug-likeness (QED) is 0.600. The van der Waals surface area contributed by atoms with Gasteiger partial charge in [0.15, 0.2) is 0 Å². The molecule has 2 unspecified atom stereocenters. The number of nitrogens with zero attached hydrogens (tertiary/aromatic N) is 2. The van der Waals surface area contributed by atoms with E-state index in [0.29, 0.717) is 6.04 Å². The summed E-state index contributed by atoms with van der Waals surface area (Å²) in [4.78, 5) is 15.2. The fourth-order valence-electron chi connectivity index (χ4n) is 1.48. The van der Waals surface area contributed by atoms with Gasteiger partial charge in [-0.05, 0) is 34.0 Å². The minimum absolute atomic E-state index is 0.103. The molecule has 0 aromatic heterocycles. The highest BCUT2D eigenvalue weighted by Gasteiger charge is 2.36. The number of nitrogens with two attached hydrogens (primary N) is 1. The Kier molecular flexibility index (Phi) is 3.27. The summed E-state index contributed by atoms with van der Waals surface area (Å²) in [5, 5.41) is 0. The molecule has 4 nitrogen and oxygen atoms in total. The van der Waals surface area contributed by atoms with Crippen LogP contribution in [0.2, 0.25) is 0 Å². The molecule has 0 aromatic rings. The van der Waals surface area contributed by atoms with Crippen LogP contribution in [0.1, 0.15) is 13.3 Å². The van der Waals surface area contributed by atoms with Gasteiger partial charge in [-0.25, -0.2) is 0 Å². The van der Waals surface area contributed by atoms with E-state index in [1.54, 1.807) is 0 Å². The molecule has 0 bridgehead atoms. The Balaban J connectivity index is 2.25. The molecule has 2 N–H and O–H groups in total. The molecule has 2 atom stereocenters. The van der Waals surface area contributed by atoms with Crippen molar-refractivity contribution in [2.24, 2.45) is 5.73 Å². The molecule has 1 rings (SSSR count). The molecular weight excluding hydrogens is 166 g/mol. The summed E-state index contributed by atoms with van der Waals surface area (Å²) >= 11 is 0. The lowest BCUT2D eigenvalue weighted by atomic mass is 10.0. The lowest BCUT2D eigenvalue weighted by Crippen LogP contribution is -2.63. The van der Waals surface area contributed by atoms with Crippen molar-refractivity contribution in [3.05, 3.63) is 0 Å². The van der Waals surface area contributed by atoms with Crippen molar-refractivity contribution in [2.75, 3.05) is 27.2 Å². The Labute approximate surface area is 79.7 Å². The molecule has 1 saturated heterocycles. The molecule has 13 heavy (non-hydrogen) atoms. The Morgan fingerprint density at radius 3 is 2.69 bits per heavy atom. The zero-order valence-corrected chi connectivity index (χ0v) is 8.66. The third-order valence-electron chi connectivity index (χ3n) is 2.52. The predicted octanol–water partition coefficient (Wildman–Crippen LogP) is -0.504. The molecule has 1 fully saturated rings. The van der Waals surface area contributed by atoms with Gasteiger partial charge in [-0.1, -0.05) is 0 Å². The summed E-state index contributed by atoms with van der Waals surface area (Å²) < 4.78 is 0. The molecule has 0 aromatic carbocycles. The third-order valence-corrected chi connectivity index (χ3v) is 2.52. The summed E-state index contributed by atoms with van der Waals surface area (Å²) in [6, 6.07) is 0.0940. The van der Waals surface area contributed by atoms with Gasteiger partial charge in [0.25, 0.3) is 0 Å². The minimum atomic E-state index is -0.234. The molecule has 4 heteroatoms. The number of β-lactam (4-membered cyclic amide) rings is 1. The monoisotopic (exact) mass is 185 g/mol. The largest absolute Gasteiger partial charge is 0.336 e. The topological polar surface area (TPSA) is 49.6 Å². The van der Waals surface area contributed by atoms with Crippen LogP contribution in [-0.2, 0) is 4.79 Å². The predicted molar refractivity (Wildman–Crippen MR) is 52.3 cm³/mol. The number of carbonyl (C=O) groups is 1. The second-order valence-electron chi connectivity index (χ2n) is 4.04. The van der Waals surface area contributed by atoms with Gasteiger partial charge in [-0.2, -0.15) is 0 Å². The van der Waals surface area contributed by atoms with Gasteiger partial charge in [0.2, 0.25) is 5.91 Å². The molecule has 1 aliphatic heterocycles. The first-order valence-electron chi connectivity index (χ1n) is 4.73. The van der Waals surface area contributed by atoms with Crippen LogP contribution in [0.25, 0.3) is 0 Å². The van der Waals surface area contributed by atoms with E-state index in [-0.39, 0.29) is 11.9 Å². The summed E-state index contributed by atoms with van der Waals surface area (Å²) in [5.41, 5.74) is 5.50. The molecule has 0 spiro atoms. The zero-order valence-electron chi connectivity index (χ0n) is 8.66. The fraction of sp³-hybridized carbons (Fsp3) is 0.889. The number of rotatable bonds is 4. The molecule has 1 heterocycles. The van der Waals surface area contributed by atoms with E-state index in [1.807, 2.05) is 19.0 Å². The smallest absolute Gasteiger partial charge is 0.241 e. The zero-order chi connectivity index (χ0) is 10.0. The van der Waals surface area contributed by atoms with Gasteiger partial charge in [-0.15, -0.1) is 0 Å². The fourth-order valence-corrected chi connectivity index (χ4v) is 1.48. The first kappa shape index (κ1) is 10.5. The van der Waals surface area contributed by atoms with E-state index in [1.165, 1.54) is 0 Å². The Morgan fingerprint density at radius 1 is 1.69 bits per heavy atom. The highest BCUT2D eigenvalue weighted by Crippen LogP contribution is 2.14. The molecule has 1 aliphatic rings. The highest BCUT2D eigenvalue weighted by atomic mass is 16.2. The van der Waals surface area contributed by atoms with Crippen LogP contribution >= 0.6 is 0 Å². The molecule has 76 valence electrons. The van der Waals surface area contributed by atoms with Gasteiger partial charge >= 0.3 is 0 Å². The van der Waals surface area contributed by atoms with Gasteiger partial charge in [0.1, 0.15) is 6.04 Å². The average Bonchev–Trinajstić information content (AvgIpc) is 2.09. The van der Waals surface area contributed by atoms with E-state index >= 15 is 0 Å². The van der Waals surface area contributed by atoms with Gasteiger partial charge in [0, 0.05) is 12.6 Å². The Morgan fingerprint density at radius 2 is 2.31 bits per heavy atom. The van der Waals surface area contributed by atoms with Crippen LogP contribution in [0.15, 0.2) is 0 Å². The maximum atomic E-state index is 11.2. The van der Waals surface area contributed by atoms with Crippen LogP contribution < -0.4 is 5.73 Å². The van der Waals surface area contributed by atoms with Crippen molar-refractivity contribution in [2.45, 2.75) is 25.4 Å². The Hall–Kier alpha value is -0.610. The van der Waals surface area contributed by atoms with E-state index < -0.39 is 0 Å². The van der Waals surface area contributed by atoms with Gasteiger partial charge < -0.3 is 15.5 Å². The van der Waals surface area contributed by atoms with E-state index in [4.69, 9.17) is 5.73 Å². The summed E-state index contributed by atoms with van der Waals surface area (Å²) in [5.74, 6) is 0.103. The lowest BCUT2D eigenvalue weighted by Gasteiger charge is -2.41. The van der Waals surface area contributed by atoms with Crippen LogP contribution in [0.4, 0.5) is 0 Å². The molecule has 0 radical (unpaired) electrons. The summed E-state index contributed by atoms with van der Waals surface area (Å²) in [6.07, 6.45) is 1.02. The first-order valence-corrected chi connectivity index (χ1v) is 4.73. The Bertz CT molecular complexity index is 193. The number of hydrogen-bond acceptors (Lipinski definition) is 3. The number of hydrogen-bond donors (Lipinski definition) is 1. The molecular formula is C9H19N3O. The lowest BCUT2D eigenvalue weighted by molar-refractivity contribution is -0.145. The van der Waals surface area contributed by atoms with Crippen molar-refractivity contribution < 1.29 is 4.79 Å². The summed E-state index contributed by atoms with van der Waals surface area (Å²) in [7, 11) is 4.08. The maximum Gasteiger partial charge on any atom is 0.241 e. The molecule has 0 aliphatic carbocycles. The van der Waals surface area contributed by atoms with E-state index in [9.17, 15) is 4.79 Å². The molecule has 0 saturated carbocycles. The maximum absolute atomic E-state index is 11.2. The van der Waals surface area contributed by atoms with Crippen LogP contribution in [0.5, 0.6) is 0 Å². The number of amides is 1. The minimum Gasteiger partial charge on any atom is -0.336 e. The standard InChI is InChI=1S/C9H19N3O/c1-7(4-5-11(2)3)12-6-8(10)9(12)13/h7-8H,4-6,10H2,1-3H3. The van der Waals surface area contributed by atoms with Crippen LogP contribution in [-0.4, -0.2) is 55.0 Å². The number of carbonyl (C=O) groups excluding carboxylic acids is 1.